The van der Waals surface area contributed by atoms with Gasteiger partial charge in [-0.05, 0) is 62.1 Å². The molecular weight excluding hydrogens is 354 g/mol. The molecule has 120 valence electrons. The number of hydrogen-bond donors (Lipinski definition) is 1. The van der Waals surface area contributed by atoms with E-state index >= 15 is 0 Å². The number of benzene rings is 1. The molecule has 1 saturated heterocycles. The lowest BCUT2D eigenvalue weighted by molar-refractivity contribution is 0.0724. The fraction of sp³-hybridized carbons (Fsp3) is 0.333. The molecule has 2 heterocycles. The molecule has 1 amide bonds. The molecule has 0 spiro atoms. The van der Waals surface area contributed by atoms with Gasteiger partial charge in [-0.25, -0.2) is 4.98 Å². The van der Waals surface area contributed by atoms with Gasteiger partial charge in [0.05, 0.1) is 5.56 Å². The summed E-state index contributed by atoms with van der Waals surface area (Å²) in [5, 5.41) is 3.29. The first kappa shape index (κ1) is 16.0. The Morgan fingerprint density at radius 3 is 2.61 bits per heavy atom. The number of carbonyl (C=O) groups excluding carboxylic acids is 1. The minimum atomic E-state index is 0.0866. The monoisotopic (exact) mass is 373 g/mol. The molecule has 1 aliphatic heterocycles. The van der Waals surface area contributed by atoms with Crippen molar-refractivity contribution in [1.82, 2.24) is 9.88 Å². The molecule has 0 unspecified atom stereocenters. The number of aromatic nitrogens is 1. The SMILES string of the molecule is Cc1cc(Br)ccc1Nc1ccc(C(=O)N2CCCCC2)cn1. The Morgan fingerprint density at radius 2 is 1.96 bits per heavy atom. The van der Waals surface area contributed by atoms with Crippen LogP contribution in [0.4, 0.5) is 11.5 Å². The molecule has 0 radical (unpaired) electrons. The molecule has 0 saturated carbocycles. The summed E-state index contributed by atoms with van der Waals surface area (Å²) in [6.07, 6.45) is 5.08. The predicted molar refractivity (Wildman–Crippen MR) is 96.2 cm³/mol. The molecule has 1 aliphatic rings. The van der Waals surface area contributed by atoms with Gasteiger partial charge in [-0.1, -0.05) is 15.9 Å². The highest BCUT2D eigenvalue weighted by Crippen LogP contribution is 2.23. The standard InChI is InChI=1S/C18H20BrN3O/c1-13-11-15(19)6-7-16(13)21-17-8-5-14(12-20-17)18(23)22-9-3-2-4-10-22/h5-8,11-12H,2-4,9-10H2,1H3,(H,20,21). The molecular formula is C18H20BrN3O. The van der Waals surface area contributed by atoms with Gasteiger partial charge < -0.3 is 10.2 Å². The fourth-order valence-corrected chi connectivity index (χ4v) is 3.25. The Bertz CT molecular complexity index is 694. The first-order chi connectivity index (χ1) is 11.1. The number of likely N-dealkylation sites (tertiary alicyclic amines) is 1. The number of anilines is 2. The first-order valence-electron chi connectivity index (χ1n) is 7.92. The normalized spacial score (nSPS) is 14.6. The molecule has 0 atom stereocenters. The van der Waals surface area contributed by atoms with Gasteiger partial charge in [-0.2, -0.15) is 0 Å². The van der Waals surface area contributed by atoms with Gasteiger partial charge in [0.1, 0.15) is 5.82 Å². The van der Waals surface area contributed by atoms with E-state index < -0.39 is 0 Å². The molecule has 4 nitrogen and oxygen atoms in total. The number of halogens is 1. The summed E-state index contributed by atoms with van der Waals surface area (Å²) in [5.74, 6) is 0.828. The van der Waals surface area contributed by atoms with Crippen molar-refractivity contribution in [3.05, 3.63) is 52.1 Å². The number of pyridine rings is 1. The van der Waals surface area contributed by atoms with Crippen LogP contribution in [0.2, 0.25) is 0 Å². The van der Waals surface area contributed by atoms with Crippen LogP contribution in [0.3, 0.4) is 0 Å². The maximum absolute atomic E-state index is 12.4. The summed E-state index contributed by atoms with van der Waals surface area (Å²) in [5.41, 5.74) is 2.80. The molecule has 0 aliphatic carbocycles. The molecule has 3 rings (SSSR count). The molecule has 1 aromatic heterocycles. The fourth-order valence-electron chi connectivity index (χ4n) is 2.78. The van der Waals surface area contributed by atoms with Crippen molar-refractivity contribution in [2.24, 2.45) is 0 Å². The largest absolute Gasteiger partial charge is 0.340 e. The predicted octanol–water partition coefficient (Wildman–Crippen LogP) is 4.52. The second kappa shape index (κ2) is 7.13. The first-order valence-corrected chi connectivity index (χ1v) is 8.71. The van der Waals surface area contributed by atoms with E-state index in [1.165, 1.54) is 6.42 Å². The summed E-state index contributed by atoms with van der Waals surface area (Å²) >= 11 is 3.46. The maximum atomic E-state index is 12.4. The third-order valence-corrected chi connectivity index (χ3v) is 4.60. The Hall–Kier alpha value is -1.88. The highest BCUT2D eigenvalue weighted by molar-refractivity contribution is 9.10. The van der Waals surface area contributed by atoms with Crippen LogP contribution in [0.5, 0.6) is 0 Å². The number of carbonyl (C=O) groups is 1. The van der Waals surface area contributed by atoms with Gasteiger partial charge in [0.2, 0.25) is 0 Å². The van der Waals surface area contributed by atoms with E-state index in [0.29, 0.717) is 5.56 Å². The lowest BCUT2D eigenvalue weighted by atomic mass is 10.1. The van der Waals surface area contributed by atoms with E-state index in [9.17, 15) is 4.79 Å². The quantitative estimate of drug-likeness (QED) is 0.859. The Kier molecular flexibility index (Phi) is 4.96. The maximum Gasteiger partial charge on any atom is 0.255 e. The van der Waals surface area contributed by atoms with E-state index in [-0.39, 0.29) is 5.91 Å². The van der Waals surface area contributed by atoms with E-state index in [0.717, 1.165) is 47.5 Å². The Morgan fingerprint density at radius 1 is 1.17 bits per heavy atom. The van der Waals surface area contributed by atoms with E-state index in [2.05, 4.69) is 32.3 Å². The highest BCUT2D eigenvalue weighted by atomic mass is 79.9. The number of hydrogen-bond acceptors (Lipinski definition) is 3. The van der Waals surface area contributed by atoms with Crippen molar-refractivity contribution in [2.45, 2.75) is 26.2 Å². The third-order valence-electron chi connectivity index (χ3n) is 4.10. The van der Waals surface area contributed by atoms with Gasteiger partial charge in [-0.15, -0.1) is 0 Å². The van der Waals surface area contributed by atoms with Gasteiger partial charge in [0, 0.05) is 29.4 Å². The summed E-state index contributed by atoms with van der Waals surface area (Å²) in [6.45, 7) is 3.76. The number of amides is 1. The molecule has 5 heteroatoms. The van der Waals surface area contributed by atoms with Crippen LogP contribution in [0.1, 0.15) is 35.2 Å². The van der Waals surface area contributed by atoms with E-state index in [1.807, 2.05) is 36.1 Å². The number of nitrogens with zero attached hydrogens (tertiary/aromatic N) is 2. The van der Waals surface area contributed by atoms with E-state index in [4.69, 9.17) is 0 Å². The summed E-state index contributed by atoms with van der Waals surface area (Å²) < 4.78 is 1.05. The highest BCUT2D eigenvalue weighted by Gasteiger charge is 2.18. The van der Waals surface area contributed by atoms with E-state index in [1.54, 1.807) is 6.20 Å². The minimum Gasteiger partial charge on any atom is -0.340 e. The second-order valence-corrected chi connectivity index (χ2v) is 6.78. The van der Waals surface area contributed by atoms with Crippen LogP contribution in [-0.2, 0) is 0 Å². The summed E-state index contributed by atoms with van der Waals surface area (Å²) in [4.78, 5) is 18.7. The zero-order chi connectivity index (χ0) is 16.2. The molecule has 1 N–H and O–H groups in total. The third kappa shape index (κ3) is 3.91. The molecule has 1 aromatic carbocycles. The average molecular weight is 374 g/mol. The summed E-state index contributed by atoms with van der Waals surface area (Å²) in [7, 11) is 0. The van der Waals surface area contributed by atoms with Crippen LogP contribution in [0.25, 0.3) is 0 Å². The average Bonchev–Trinajstić information content (AvgIpc) is 2.58. The lowest BCUT2D eigenvalue weighted by Crippen LogP contribution is -2.35. The van der Waals surface area contributed by atoms with Gasteiger partial charge >= 0.3 is 0 Å². The van der Waals surface area contributed by atoms with Gasteiger partial charge in [0.15, 0.2) is 0 Å². The zero-order valence-electron chi connectivity index (χ0n) is 13.2. The van der Waals surface area contributed by atoms with Crippen LogP contribution in [-0.4, -0.2) is 28.9 Å². The van der Waals surface area contributed by atoms with Crippen LogP contribution >= 0.6 is 15.9 Å². The van der Waals surface area contributed by atoms with Crippen LogP contribution in [0.15, 0.2) is 41.0 Å². The van der Waals surface area contributed by atoms with Crippen LogP contribution < -0.4 is 5.32 Å². The van der Waals surface area contributed by atoms with Gasteiger partial charge in [-0.3, -0.25) is 4.79 Å². The Balaban J connectivity index is 1.70. The molecule has 0 bridgehead atoms. The van der Waals surface area contributed by atoms with Crippen molar-refractivity contribution in [1.29, 1.82) is 0 Å². The number of aryl methyl sites for hydroxylation is 1. The topological polar surface area (TPSA) is 45.2 Å². The number of piperidine rings is 1. The zero-order valence-corrected chi connectivity index (χ0v) is 14.8. The minimum absolute atomic E-state index is 0.0866. The number of rotatable bonds is 3. The lowest BCUT2D eigenvalue weighted by Gasteiger charge is -2.26. The van der Waals surface area contributed by atoms with Crippen molar-refractivity contribution >= 4 is 33.3 Å². The van der Waals surface area contributed by atoms with Crippen molar-refractivity contribution in [3.8, 4) is 0 Å². The smallest absolute Gasteiger partial charge is 0.255 e. The Labute approximate surface area is 145 Å². The summed E-state index contributed by atoms with van der Waals surface area (Å²) in [6, 6.07) is 9.76. The van der Waals surface area contributed by atoms with Crippen molar-refractivity contribution in [3.63, 3.8) is 0 Å². The molecule has 23 heavy (non-hydrogen) atoms. The van der Waals surface area contributed by atoms with Crippen molar-refractivity contribution < 1.29 is 4.79 Å². The van der Waals surface area contributed by atoms with Crippen molar-refractivity contribution in [2.75, 3.05) is 18.4 Å². The van der Waals surface area contributed by atoms with Gasteiger partial charge in [0.25, 0.3) is 5.91 Å². The molecule has 2 aromatic rings. The van der Waals surface area contributed by atoms with Crippen LogP contribution in [0, 0.1) is 6.92 Å². The number of nitrogens with one attached hydrogen (secondary N) is 1. The second-order valence-electron chi connectivity index (χ2n) is 5.87. The molecule has 1 fully saturated rings.